The van der Waals surface area contributed by atoms with Crippen LogP contribution in [0.4, 0.5) is 5.82 Å². The van der Waals surface area contributed by atoms with Crippen LogP contribution in [0.5, 0.6) is 0 Å². The Morgan fingerprint density at radius 1 is 1.25 bits per heavy atom. The third-order valence-corrected chi connectivity index (χ3v) is 3.91. The quantitative estimate of drug-likeness (QED) is 0.749. The molecule has 0 fully saturated rings. The molecule has 16 heavy (non-hydrogen) atoms. The van der Waals surface area contributed by atoms with Gasteiger partial charge >= 0.3 is 0 Å². The zero-order chi connectivity index (χ0) is 12.5. The van der Waals surface area contributed by atoms with Gasteiger partial charge in [0.2, 0.25) is 0 Å². The zero-order valence-electron chi connectivity index (χ0n) is 9.81. The molecule has 1 heterocycles. The molecule has 2 nitrogen and oxygen atoms in total. The lowest BCUT2D eigenvalue weighted by Gasteiger charge is -2.36. The first-order chi connectivity index (χ1) is 7.29. The van der Waals surface area contributed by atoms with Crippen molar-refractivity contribution in [3.63, 3.8) is 0 Å². The van der Waals surface area contributed by atoms with Gasteiger partial charge in [0.25, 0.3) is 0 Å². The van der Waals surface area contributed by atoms with Crippen molar-refractivity contribution in [3.05, 3.63) is 21.3 Å². The topological polar surface area (TPSA) is 16.1 Å². The number of hydrogen-bond donors (Lipinski definition) is 0. The molecule has 0 aliphatic rings. The highest BCUT2D eigenvalue weighted by Crippen LogP contribution is 2.34. The number of halogens is 3. The molecule has 0 unspecified atom stereocenters. The predicted octanol–water partition coefficient (Wildman–Crippen LogP) is 4.67. The van der Waals surface area contributed by atoms with Crippen LogP contribution in [0, 0.1) is 0 Å². The van der Waals surface area contributed by atoms with E-state index in [1.807, 2.05) is 11.9 Å². The summed E-state index contributed by atoms with van der Waals surface area (Å²) < 4.78 is 0. The Bertz CT molecular complexity index is 391. The Morgan fingerprint density at radius 2 is 1.81 bits per heavy atom. The molecule has 0 saturated heterocycles. The van der Waals surface area contributed by atoms with E-state index in [-0.39, 0.29) is 10.7 Å². The Labute approximate surface area is 112 Å². The molecule has 1 rings (SSSR count). The molecule has 5 heteroatoms. The maximum absolute atomic E-state index is 6.11. The summed E-state index contributed by atoms with van der Waals surface area (Å²) in [5.74, 6) is 0.655. The van der Waals surface area contributed by atoms with E-state index in [4.69, 9.17) is 34.8 Å². The van der Waals surface area contributed by atoms with E-state index < -0.39 is 0 Å². The van der Waals surface area contributed by atoms with Crippen molar-refractivity contribution in [2.24, 2.45) is 0 Å². The molecule has 90 valence electrons. The molecule has 0 N–H and O–H groups in total. The van der Waals surface area contributed by atoms with Gasteiger partial charge in [0.15, 0.2) is 0 Å². The fraction of sp³-hybridized carbons (Fsp3) is 0.545. The minimum absolute atomic E-state index is 0.0339. The fourth-order valence-corrected chi connectivity index (χ4v) is 1.81. The summed E-state index contributed by atoms with van der Waals surface area (Å²) in [5.41, 5.74) is -0.0339. The first-order valence-corrected chi connectivity index (χ1v) is 6.18. The van der Waals surface area contributed by atoms with Gasteiger partial charge in [-0.25, -0.2) is 4.98 Å². The van der Waals surface area contributed by atoms with Crippen LogP contribution in [0.15, 0.2) is 6.07 Å². The SMILES string of the molecule is CCC(C)(C)N(C)c1nc(Cl)c(Cl)cc1Cl. The minimum Gasteiger partial charge on any atom is -0.353 e. The Kier molecular flexibility index (Phi) is 4.33. The molecular weight excluding hydrogens is 266 g/mol. The van der Waals surface area contributed by atoms with Crippen LogP contribution in [0.3, 0.4) is 0 Å². The highest BCUT2D eigenvalue weighted by atomic mass is 35.5. The van der Waals surface area contributed by atoms with Gasteiger partial charge in [0, 0.05) is 12.6 Å². The lowest BCUT2D eigenvalue weighted by atomic mass is 10.00. The second-order valence-corrected chi connectivity index (χ2v) is 5.46. The average molecular weight is 282 g/mol. The van der Waals surface area contributed by atoms with Crippen molar-refractivity contribution in [1.82, 2.24) is 4.98 Å². The van der Waals surface area contributed by atoms with Gasteiger partial charge in [0.05, 0.1) is 10.0 Å². The lowest BCUT2D eigenvalue weighted by Crippen LogP contribution is -2.41. The molecule has 0 spiro atoms. The molecule has 1 aromatic rings. The van der Waals surface area contributed by atoms with Crippen LogP contribution in [-0.2, 0) is 0 Å². The molecular formula is C11H15Cl3N2. The highest BCUT2D eigenvalue weighted by molar-refractivity contribution is 6.42. The molecule has 0 bridgehead atoms. The number of rotatable bonds is 3. The highest BCUT2D eigenvalue weighted by Gasteiger charge is 2.24. The van der Waals surface area contributed by atoms with Gasteiger partial charge in [-0.3, -0.25) is 0 Å². The summed E-state index contributed by atoms with van der Waals surface area (Å²) in [6, 6.07) is 1.62. The second kappa shape index (κ2) is 4.99. The summed E-state index contributed by atoms with van der Waals surface area (Å²) in [4.78, 5) is 6.23. The maximum Gasteiger partial charge on any atom is 0.150 e. The van der Waals surface area contributed by atoms with E-state index in [9.17, 15) is 0 Å². The number of aromatic nitrogens is 1. The smallest absolute Gasteiger partial charge is 0.150 e. The molecule has 0 aromatic carbocycles. The van der Waals surface area contributed by atoms with Crippen LogP contribution in [-0.4, -0.2) is 17.6 Å². The molecule has 0 radical (unpaired) electrons. The van der Waals surface area contributed by atoms with E-state index in [0.717, 1.165) is 6.42 Å². The van der Waals surface area contributed by atoms with Crippen LogP contribution >= 0.6 is 34.8 Å². The van der Waals surface area contributed by atoms with Crippen molar-refractivity contribution in [2.45, 2.75) is 32.7 Å². The predicted molar refractivity (Wildman–Crippen MR) is 72.0 cm³/mol. The summed E-state index contributed by atoms with van der Waals surface area (Å²) in [6.07, 6.45) is 0.974. The van der Waals surface area contributed by atoms with E-state index in [1.165, 1.54) is 0 Å². The van der Waals surface area contributed by atoms with E-state index >= 15 is 0 Å². The van der Waals surface area contributed by atoms with Crippen molar-refractivity contribution >= 4 is 40.6 Å². The van der Waals surface area contributed by atoms with E-state index in [2.05, 4.69) is 25.8 Å². The van der Waals surface area contributed by atoms with Crippen LogP contribution in [0.1, 0.15) is 27.2 Å². The second-order valence-electron chi connectivity index (χ2n) is 4.29. The van der Waals surface area contributed by atoms with Crippen molar-refractivity contribution in [2.75, 3.05) is 11.9 Å². The van der Waals surface area contributed by atoms with Gasteiger partial charge in [-0.05, 0) is 26.3 Å². The van der Waals surface area contributed by atoms with Gasteiger partial charge in [-0.15, -0.1) is 0 Å². The van der Waals surface area contributed by atoms with E-state index in [1.54, 1.807) is 6.07 Å². The first kappa shape index (κ1) is 13.9. The van der Waals surface area contributed by atoms with Crippen LogP contribution < -0.4 is 4.90 Å². The largest absolute Gasteiger partial charge is 0.353 e. The Hall–Kier alpha value is -0.180. The van der Waals surface area contributed by atoms with Crippen molar-refractivity contribution in [1.29, 1.82) is 0 Å². The molecule has 0 saturated carbocycles. The normalized spacial score (nSPS) is 11.7. The summed E-state index contributed by atoms with van der Waals surface area (Å²) in [5, 5.41) is 1.16. The standard InChI is InChI=1S/C11H15Cl3N2/c1-5-11(2,3)16(4)10-8(13)6-7(12)9(14)15-10/h6H,5H2,1-4H3. The monoisotopic (exact) mass is 280 g/mol. The minimum atomic E-state index is -0.0339. The van der Waals surface area contributed by atoms with Crippen LogP contribution in [0.25, 0.3) is 0 Å². The number of pyridine rings is 1. The fourth-order valence-electron chi connectivity index (χ4n) is 1.19. The number of nitrogens with zero attached hydrogens (tertiary/aromatic N) is 2. The maximum atomic E-state index is 6.11. The summed E-state index contributed by atoms with van der Waals surface area (Å²) in [7, 11) is 1.95. The Balaban J connectivity index is 3.19. The van der Waals surface area contributed by atoms with Gasteiger partial charge < -0.3 is 4.90 Å². The zero-order valence-corrected chi connectivity index (χ0v) is 12.1. The third-order valence-electron chi connectivity index (χ3n) is 2.96. The van der Waals surface area contributed by atoms with Gasteiger partial charge in [0.1, 0.15) is 11.0 Å². The summed E-state index contributed by atoms with van der Waals surface area (Å²) >= 11 is 17.8. The van der Waals surface area contributed by atoms with Gasteiger partial charge in [-0.2, -0.15) is 0 Å². The first-order valence-electron chi connectivity index (χ1n) is 5.05. The molecule has 0 amide bonds. The lowest BCUT2D eigenvalue weighted by molar-refractivity contribution is 0.467. The molecule has 0 atom stereocenters. The number of hydrogen-bond acceptors (Lipinski definition) is 2. The third kappa shape index (κ3) is 2.73. The van der Waals surface area contributed by atoms with Crippen molar-refractivity contribution < 1.29 is 0 Å². The van der Waals surface area contributed by atoms with Crippen molar-refractivity contribution in [3.8, 4) is 0 Å². The molecule has 0 aliphatic heterocycles. The van der Waals surface area contributed by atoms with Gasteiger partial charge in [-0.1, -0.05) is 41.7 Å². The average Bonchev–Trinajstić information content (AvgIpc) is 2.22. The molecule has 0 aliphatic carbocycles. The van der Waals surface area contributed by atoms with E-state index in [0.29, 0.717) is 15.9 Å². The molecule has 1 aromatic heterocycles. The van der Waals surface area contributed by atoms with Crippen LogP contribution in [0.2, 0.25) is 15.2 Å². The summed E-state index contributed by atoms with van der Waals surface area (Å²) in [6.45, 7) is 6.35. The number of anilines is 1. The Morgan fingerprint density at radius 3 is 2.31 bits per heavy atom.